The van der Waals surface area contributed by atoms with Gasteiger partial charge in [0.2, 0.25) is 0 Å². The maximum absolute atomic E-state index is 12.1. The van der Waals surface area contributed by atoms with Crippen LogP contribution in [0.25, 0.3) is 0 Å². The number of hydrogen-bond acceptors (Lipinski definition) is 4. The molecule has 7 heteroatoms. The molecule has 0 heterocycles. The zero-order valence-electron chi connectivity index (χ0n) is 13.5. The Hall–Kier alpha value is -2.41. The number of nitrogens with zero attached hydrogens (tertiary/aromatic N) is 1. The van der Waals surface area contributed by atoms with Crippen LogP contribution in [0.15, 0.2) is 24.3 Å². The highest BCUT2D eigenvalue weighted by Crippen LogP contribution is 2.09. The first-order valence-electron chi connectivity index (χ1n) is 7.36. The lowest BCUT2D eigenvalue weighted by Crippen LogP contribution is -2.46. The number of nitrogens with one attached hydrogen (secondary N) is 1. The summed E-state index contributed by atoms with van der Waals surface area (Å²) in [5, 5.41) is 20.7. The third-order valence-corrected chi connectivity index (χ3v) is 3.50. The number of carbonyl (C=O) groups excluding carboxylic acids is 2. The second kappa shape index (κ2) is 7.73. The van der Waals surface area contributed by atoms with Crippen molar-refractivity contribution in [2.75, 3.05) is 19.6 Å². The molecule has 23 heavy (non-hydrogen) atoms. The van der Waals surface area contributed by atoms with Crippen molar-refractivity contribution < 1.29 is 24.6 Å². The number of benzene rings is 1. The van der Waals surface area contributed by atoms with Crippen molar-refractivity contribution in [3.8, 4) is 0 Å². The fraction of sp³-hybridized carbons (Fsp3) is 0.438. The molecule has 2 amide bonds. The van der Waals surface area contributed by atoms with E-state index < -0.39 is 24.0 Å². The SMILES string of the molecule is CCN(CC)C(=O)c1ccc(C(=O)NCC(C)(O)C(=O)O)cc1. The second-order valence-corrected chi connectivity index (χ2v) is 5.32. The summed E-state index contributed by atoms with van der Waals surface area (Å²) < 4.78 is 0. The van der Waals surface area contributed by atoms with Crippen molar-refractivity contribution in [3.05, 3.63) is 35.4 Å². The molecule has 7 nitrogen and oxygen atoms in total. The van der Waals surface area contributed by atoms with Crippen molar-refractivity contribution >= 4 is 17.8 Å². The zero-order valence-corrected chi connectivity index (χ0v) is 13.5. The lowest BCUT2D eigenvalue weighted by atomic mass is 10.1. The van der Waals surface area contributed by atoms with E-state index in [-0.39, 0.29) is 11.5 Å². The summed E-state index contributed by atoms with van der Waals surface area (Å²) >= 11 is 0. The summed E-state index contributed by atoms with van der Waals surface area (Å²) in [5.41, 5.74) is -1.28. The summed E-state index contributed by atoms with van der Waals surface area (Å²) in [6, 6.07) is 6.07. The molecule has 0 saturated carbocycles. The smallest absolute Gasteiger partial charge is 0.337 e. The van der Waals surface area contributed by atoms with Gasteiger partial charge in [-0.15, -0.1) is 0 Å². The molecule has 1 aromatic rings. The van der Waals surface area contributed by atoms with Crippen molar-refractivity contribution in [1.82, 2.24) is 10.2 Å². The first-order valence-corrected chi connectivity index (χ1v) is 7.36. The van der Waals surface area contributed by atoms with E-state index in [1.54, 1.807) is 17.0 Å². The number of rotatable bonds is 7. The van der Waals surface area contributed by atoms with Gasteiger partial charge in [0.1, 0.15) is 0 Å². The summed E-state index contributed by atoms with van der Waals surface area (Å²) in [4.78, 5) is 36.5. The minimum Gasteiger partial charge on any atom is -0.479 e. The van der Waals surface area contributed by atoms with Crippen LogP contribution in [0, 0.1) is 0 Å². The molecule has 0 bridgehead atoms. The minimum atomic E-state index is -2.03. The minimum absolute atomic E-state index is 0.115. The van der Waals surface area contributed by atoms with Gasteiger partial charge < -0.3 is 20.4 Å². The molecule has 126 valence electrons. The highest BCUT2D eigenvalue weighted by Gasteiger charge is 2.30. The average Bonchev–Trinajstić information content (AvgIpc) is 2.53. The summed E-state index contributed by atoms with van der Waals surface area (Å²) in [6.07, 6.45) is 0. The van der Waals surface area contributed by atoms with Gasteiger partial charge >= 0.3 is 5.97 Å². The van der Waals surface area contributed by atoms with E-state index in [9.17, 15) is 19.5 Å². The van der Waals surface area contributed by atoms with Crippen LogP contribution in [0.3, 0.4) is 0 Å². The molecule has 0 spiro atoms. The highest BCUT2D eigenvalue weighted by molar-refractivity contribution is 5.98. The van der Waals surface area contributed by atoms with Gasteiger partial charge in [-0.3, -0.25) is 9.59 Å². The quantitative estimate of drug-likeness (QED) is 0.686. The Kier molecular flexibility index (Phi) is 6.27. The van der Waals surface area contributed by atoms with Crippen LogP contribution >= 0.6 is 0 Å². The van der Waals surface area contributed by atoms with Gasteiger partial charge in [0.15, 0.2) is 5.60 Å². The molecule has 0 fully saturated rings. The van der Waals surface area contributed by atoms with Crippen molar-refractivity contribution in [1.29, 1.82) is 0 Å². The van der Waals surface area contributed by atoms with Crippen molar-refractivity contribution in [2.45, 2.75) is 26.4 Å². The number of carboxylic acid groups (broad SMARTS) is 1. The molecule has 1 unspecified atom stereocenters. The largest absolute Gasteiger partial charge is 0.479 e. The first-order chi connectivity index (χ1) is 10.7. The highest BCUT2D eigenvalue weighted by atomic mass is 16.4. The van der Waals surface area contributed by atoms with Gasteiger partial charge in [-0.2, -0.15) is 0 Å². The first kappa shape index (κ1) is 18.6. The molecule has 0 radical (unpaired) electrons. The Morgan fingerprint density at radius 3 is 2.00 bits per heavy atom. The number of aliphatic carboxylic acids is 1. The van der Waals surface area contributed by atoms with Crippen LogP contribution in [0.4, 0.5) is 0 Å². The van der Waals surface area contributed by atoms with Crippen LogP contribution in [0.1, 0.15) is 41.5 Å². The van der Waals surface area contributed by atoms with E-state index in [0.717, 1.165) is 6.92 Å². The fourth-order valence-electron chi connectivity index (χ4n) is 1.89. The van der Waals surface area contributed by atoms with Crippen molar-refractivity contribution in [3.63, 3.8) is 0 Å². The van der Waals surface area contributed by atoms with Gasteiger partial charge in [0.25, 0.3) is 11.8 Å². The molecule has 0 aromatic heterocycles. The van der Waals surface area contributed by atoms with Crippen LogP contribution in [0.5, 0.6) is 0 Å². The predicted molar refractivity (Wildman–Crippen MR) is 84.3 cm³/mol. The topological polar surface area (TPSA) is 107 Å². The van der Waals surface area contributed by atoms with Gasteiger partial charge in [-0.05, 0) is 45.0 Å². The second-order valence-electron chi connectivity index (χ2n) is 5.32. The lowest BCUT2D eigenvalue weighted by molar-refractivity contribution is -0.155. The molecule has 3 N–H and O–H groups in total. The van der Waals surface area contributed by atoms with Crippen LogP contribution < -0.4 is 5.32 Å². The zero-order chi connectivity index (χ0) is 17.6. The number of aliphatic hydroxyl groups is 1. The monoisotopic (exact) mass is 322 g/mol. The number of carboxylic acids is 1. The molecular formula is C16H22N2O5. The third kappa shape index (κ3) is 4.79. The predicted octanol–water partition coefficient (Wildman–Crippen LogP) is 0.734. The van der Waals surface area contributed by atoms with E-state index in [1.165, 1.54) is 12.1 Å². The van der Waals surface area contributed by atoms with Crippen LogP contribution in [-0.2, 0) is 4.79 Å². The van der Waals surface area contributed by atoms with E-state index in [2.05, 4.69) is 5.32 Å². The van der Waals surface area contributed by atoms with Gasteiger partial charge in [0, 0.05) is 24.2 Å². The molecule has 0 aliphatic rings. The Morgan fingerprint density at radius 2 is 1.57 bits per heavy atom. The van der Waals surface area contributed by atoms with Gasteiger partial charge in [0.05, 0.1) is 6.54 Å². The Balaban J connectivity index is 2.75. The summed E-state index contributed by atoms with van der Waals surface area (Å²) in [6.45, 7) is 5.65. The van der Waals surface area contributed by atoms with E-state index >= 15 is 0 Å². The molecule has 0 aliphatic carbocycles. The fourth-order valence-corrected chi connectivity index (χ4v) is 1.89. The van der Waals surface area contributed by atoms with Crippen LogP contribution in [0.2, 0.25) is 0 Å². The molecule has 1 atom stereocenters. The standard InChI is InChI=1S/C16H22N2O5/c1-4-18(5-2)14(20)12-8-6-11(7-9-12)13(19)17-10-16(3,23)15(21)22/h6-9,23H,4-5,10H2,1-3H3,(H,17,19)(H,21,22). The van der Waals surface area contributed by atoms with Gasteiger partial charge in [-0.25, -0.2) is 4.79 Å². The van der Waals surface area contributed by atoms with E-state index in [4.69, 9.17) is 5.11 Å². The number of amides is 2. The summed E-state index contributed by atoms with van der Waals surface area (Å²) in [5.74, 6) is -2.05. The Labute approximate surface area is 134 Å². The normalized spacial score (nSPS) is 13.0. The maximum atomic E-state index is 12.1. The van der Waals surface area contributed by atoms with Crippen molar-refractivity contribution in [2.24, 2.45) is 0 Å². The van der Waals surface area contributed by atoms with Gasteiger partial charge in [-0.1, -0.05) is 0 Å². The summed E-state index contributed by atoms with van der Waals surface area (Å²) in [7, 11) is 0. The number of hydrogen-bond donors (Lipinski definition) is 3. The Bertz CT molecular complexity index is 577. The van der Waals surface area contributed by atoms with E-state index in [0.29, 0.717) is 18.7 Å². The number of carbonyl (C=O) groups is 3. The third-order valence-electron chi connectivity index (χ3n) is 3.50. The molecular weight excluding hydrogens is 300 g/mol. The lowest BCUT2D eigenvalue weighted by Gasteiger charge is -2.19. The average molecular weight is 322 g/mol. The molecule has 1 aromatic carbocycles. The van der Waals surface area contributed by atoms with Crippen LogP contribution in [-0.4, -0.2) is 58.1 Å². The van der Waals surface area contributed by atoms with E-state index in [1.807, 2.05) is 13.8 Å². The molecule has 1 rings (SSSR count). The Morgan fingerprint density at radius 1 is 1.09 bits per heavy atom. The molecule has 0 aliphatic heterocycles. The maximum Gasteiger partial charge on any atom is 0.337 e. The molecule has 0 saturated heterocycles.